The van der Waals surface area contributed by atoms with Gasteiger partial charge in [-0.05, 0) is 17.7 Å². The number of nitrogens with zero attached hydrogens (tertiary/aromatic N) is 3. The number of rotatable bonds is 4. The lowest BCUT2D eigenvalue weighted by atomic mass is 10.1. The number of hydrogen-bond donors (Lipinski definition) is 0. The van der Waals surface area contributed by atoms with Crippen molar-refractivity contribution < 1.29 is 31.9 Å². The zero-order chi connectivity index (χ0) is 20.5. The number of piperazine rings is 1. The van der Waals surface area contributed by atoms with Crippen LogP contribution in [0.1, 0.15) is 11.1 Å². The number of ether oxygens (including phenoxy) is 1. The molecule has 0 N–H and O–H groups in total. The van der Waals surface area contributed by atoms with Gasteiger partial charge in [0.05, 0.1) is 18.9 Å². The molecule has 1 aliphatic heterocycles. The number of methoxy groups -OCH3 is 1. The monoisotopic (exact) mass is 397 g/mol. The highest BCUT2D eigenvalue weighted by molar-refractivity contribution is 6.04. The van der Waals surface area contributed by atoms with Crippen LogP contribution in [0.5, 0.6) is 5.75 Å². The second-order valence-corrected chi connectivity index (χ2v) is 6.10. The van der Waals surface area contributed by atoms with Crippen molar-refractivity contribution in [3.8, 4) is 5.75 Å². The molecule has 2 amide bonds. The fraction of sp³-hybridized carbons (Fsp3) is 0.278. The summed E-state index contributed by atoms with van der Waals surface area (Å²) in [5.41, 5.74) is -0.360. The topological polar surface area (TPSA) is 62.7 Å². The highest BCUT2D eigenvalue weighted by Gasteiger charge is 2.33. The maximum Gasteiger partial charge on any atom is 0.416 e. The number of halogens is 4. The first kappa shape index (κ1) is 19.6. The van der Waals surface area contributed by atoms with Crippen LogP contribution >= 0.6 is 0 Å². The van der Waals surface area contributed by atoms with Gasteiger partial charge in [0.15, 0.2) is 11.6 Å². The van der Waals surface area contributed by atoms with E-state index in [4.69, 9.17) is 4.74 Å². The smallest absolute Gasteiger partial charge is 0.416 e. The molecule has 1 aromatic heterocycles. The van der Waals surface area contributed by atoms with Crippen LogP contribution in [-0.2, 0) is 22.3 Å². The Balaban J connectivity index is 1.71. The summed E-state index contributed by atoms with van der Waals surface area (Å²) in [7, 11) is 1.34. The summed E-state index contributed by atoms with van der Waals surface area (Å²) in [5, 5.41) is 0. The van der Waals surface area contributed by atoms with Crippen molar-refractivity contribution in [1.29, 1.82) is 0 Å². The van der Waals surface area contributed by atoms with E-state index in [0.29, 0.717) is 5.56 Å². The van der Waals surface area contributed by atoms with E-state index in [2.05, 4.69) is 4.98 Å². The molecule has 0 spiro atoms. The Morgan fingerprint density at radius 2 is 1.79 bits per heavy atom. The van der Waals surface area contributed by atoms with Crippen LogP contribution in [0.15, 0.2) is 36.5 Å². The van der Waals surface area contributed by atoms with Gasteiger partial charge in [0.1, 0.15) is 18.8 Å². The van der Waals surface area contributed by atoms with Crippen LogP contribution < -0.4 is 9.64 Å². The molecule has 28 heavy (non-hydrogen) atoms. The predicted molar refractivity (Wildman–Crippen MR) is 90.0 cm³/mol. The summed E-state index contributed by atoms with van der Waals surface area (Å²) in [6, 6.07) is 5.37. The lowest BCUT2D eigenvalue weighted by Crippen LogP contribution is -2.54. The summed E-state index contributed by atoms with van der Waals surface area (Å²) in [4.78, 5) is 30.7. The highest BCUT2D eigenvalue weighted by atomic mass is 19.4. The Hall–Kier alpha value is -3.17. The molecule has 6 nitrogen and oxygen atoms in total. The molecule has 2 heterocycles. The van der Waals surface area contributed by atoms with Crippen molar-refractivity contribution in [3.05, 3.63) is 53.5 Å². The lowest BCUT2D eigenvalue weighted by molar-refractivity contribution is -0.139. The largest absolute Gasteiger partial charge is 0.495 e. The third-order valence-electron chi connectivity index (χ3n) is 4.22. The first-order chi connectivity index (χ1) is 13.2. The van der Waals surface area contributed by atoms with Gasteiger partial charge in [0.2, 0.25) is 11.8 Å². The van der Waals surface area contributed by atoms with E-state index >= 15 is 0 Å². The zero-order valence-corrected chi connectivity index (χ0v) is 14.7. The summed E-state index contributed by atoms with van der Waals surface area (Å²) in [5.74, 6) is -1.95. The Morgan fingerprint density at radius 3 is 2.36 bits per heavy atom. The van der Waals surface area contributed by atoms with Crippen molar-refractivity contribution >= 4 is 17.6 Å². The Labute approximate surface area is 157 Å². The number of anilines is 1. The van der Waals surface area contributed by atoms with Gasteiger partial charge in [-0.3, -0.25) is 14.5 Å². The third-order valence-corrected chi connectivity index (χ3v) is 4.22. The van der Waals surface area contributed by atoms with Gasteiger partial charge in [-0.2, -0.15) is 13.2 Å². The summed E-state index contributed by atoms with van der Waals surface area (Å²) in [6.45, 7) is -0.794. The lowest BCUT2D eigenvalue weighted by Gasteiger charge is -2.33. The van der Waals surface area contributed by atoms with E-state index in [1.165, 1.54) is 30.3 Å². The van der Waals surface area contributed by atoms with Crippen molar-refractivity contribution in [2.24, 2.45) is 0 Å². The summed E-state index contributed by atoms with van der Waals surface area (Å²) in [6.07, 6.45) is -3.23. The number of alkyl halides is 3. The number of aromatic nitrogens is 1. The second kappa shape index (κ2) is 7.45. The van der Waals surface area contributed by atoms with Gasteiger partial charge in [0.25, 0.3) is 0 Å². The van der Waals surface area contributed by atoms with E-state index < -0.39 is 35.9 Å². The molecule has 0 bridgehead atoms. The standard InChI is InChI=1S/C18H15F4N3O3/c1-28-13-6-14(19)17(23-7-13)25-10-15(26)24(9-16(25)27)8-11-2-4-12(5-3-11)18(20,21)22/h2-7H,8-10H2,1H3. The van der Waals surface area contributed by atoms with E-state index in [-0.39, 0.29) is 24.7 Å². The van der Waals surface area contributed by atoms with Crippen molar-refractivity contribution in [2.75, 3.05) is 25.1 Å². The minimum absolute atomic E-state index is 0.0327. The van der Waals surface area contributed by atoms with Crippen LogP contribution in [0.2, 0.25) is 0 Å². The van der Waals surface area contributed by atoms with Gasteiger partial charge in [-0.1, -0.05) is 12.1 Å². The van der Waals surface area contributed by atoms with Crippen molar-refractivity contribution in [2.45, 2.75) is 12.7 Å². The Morgan fingerprint density at radius 1 is 1.11 bits per heavy atom. The molecule has 2 aromatic rings. The van der Waals surface area contributed by atoms with Gasteiger partial charge in [0, 0.05) is 12.6 Å². The molecule has 0 atom stereocenters. The van der Waals surface area contributed by atoms with Crippen molar-refractivity contribution in [1.82, 2.24) is 9.88 Å². The molecule has 0 saturated carbocycles. The summed E-state index contributed by atoms with van der Waals surface area (Å²) >= 11 is 0. The number of benzene rings is 1. The van der Waals surface area contributed by atoms with Crippen LogP contribution in [0.25, 0.3) is 0 Å². The van der Waals surface area contributed by atoms with Crippen LogP contribution in [0.3, 0.4) is 0 Å². The molecule has 3 rings (SSSR count). The summed E-state index contributed by atoms with van der Waals surface area (Å²) < 4.78 is 56.8. The molecular formula is C18H15F4N3O3. The quantitative estimate of drug-likeness (QED) is 0.745. The molecule has 1 aromatic carbocycles. The molecule has 1 saturated heterocycles. The fourth-order valence-electron chi connectivity index (χ4n) is 2.74. The van der Waals surface area contributed by atoms with Gasteiger partial charge >= 0.3 is 6.18 Å². The van der Waals surface area contributed by atoms with Crippen LogP contribution in [-0.4, -0.2) is 41.9 Å². The van der Waals surface area contributed by atoms with Crippen LogP contribution in [0.4, 0.5) is 23.4 Å². The number of pyridine rings is 1. The minimum Gasteiger partial charge on any atom is -0.495 e. The second-order valence-electron chi connectivity index (χ2n) is 6.10. The molecule has 148 valence electrons. The number of amides is 2. The maximum atomic E-state index is 14.1. The normalized spacial score (nSPS) is 15.2. The van der Waals surface area contributed by atoms with E-state index in [0.717, 1.165) is 23.1 Å². The molecule has 0 unspecified atom stereocenters. The number of carbonyl (C=O) groups is 2. The van der Waals surface area contributed by atoms with Crippen molar-refractivity contribution in [3.63, 3.8) is 0 Å². The SMILES string of the molecule is COc1cnc(N2CC(=O)N(Cc3ccc(C(F)(F)F)cc3)CC2=O)c(F)c1. The van der Waals surface area contributed by atoms with Gasteiger partial charge in [-0.15, -0.1) is 0 Å². The highest BCUT2D eigenvalue weighted by Crippen LogP contribution is 2.29. The number of carbonyl (C=O) groups excluding carboxylic acids is 2. The molecule has 10 heteroatoms. The van der Waals surface area contributed by atoms with Gasteiger partial charge < -0.3 is 9.64 Å². The first-order valence-corrected chi connectivity index (χ1v) is 8.13. The van der Waals surface area contributed by atoms with E-state index in [9.17, 15) is 27.2 Å². The molecule has 0 aliphatic carbocycles. The van der Waals surface area contributed by atoms with Crippen LogP contribution in [0, 0.1) is 5.82 Å². The average Bonchev–Trinajstić information content (AvgIpc) is 2.64. The minimum atomic E-state index is -4.45. The molecule has 1 fully saturated rings. The first-order valence-electron chi connectivity index (χ1n) is 8.13. The van der Waals surface area contributed by atoms with Gasteiger partial charge in [-0.25, -0.2) is 9.37 Å². The molecule has 1 aliphatic rings. The maximum absolute atomic E-state index is 14.1. The van der Waals surface area contributed by atoms with E-state index in [1.807, 2.05) is 0 Å². The molecule has 0 radical (unpaired) electrons. The number of hydrogen-bond acceptors (Lipinski definition) is 4. The fourth-order valence-corrected chi connectivity index (χ4v) is 2.74. The van der Waals surface area contributed by atoms with E-state index in [1.54, 1.807) is 0 Å². The predicted octanol–water partition coefficient (Wildman–Crippen LogP) is 2.62. The Kier molecular flexibility index (Phi) is 5.21. The zero-order valence-electron chi connectivity index (χ0n) is 14.7. The average molecular weight is 397 g/mol. The third kappa shape index (κ3) is 4.05. The Bertz CT molecular complexity index is 900. The molecular weight excluding hydrogens is 382 g/mol.